The van der Waals surface area contributed by atoms with Crippen LogP contribution in [-0.2, 0) is 0 Å². The molecule has 1 saturated heterocycles. The molecule has 0 aliphatic carbocycles. The van der Waals surface area contributed by atoms with Gasteiger partial charge in [-0.25, -0.2) is 0 Å². The van der Waals surface area contributed by atoms with E-state index >= 15 is 0 Å². The third-order valence-electron chi connectivity index (χ3n) is 3.67. The van der Waals surface area contributed by atoms with Crippen LogP contribution in [0, 0.1) is 11.3 Å². The van der Waals surface area contributed by atoms with Gasteiger partial charge in [-0.1, -0.05) is 0 Å². The Kier molecular flexibility index (Phi) is 4.13. The third-order valence-corrected chi connectivity index (χ3v) is 3.67. The van der Waals surface area contributed by atoms with E-state index in [1.807, 2.05) is 13.1 Å². The van der Waals surface area contributed by atoms with E-state index < -0.39 is 0 Å². The maximum Gasteiger partial charge on any atom is 0.255 e. The lowest BCUT2D eigenvalue weighted by Crippen LogP contribution is -2.44. The number of carbonyl (C=O) groups is 1. The molecular weight excluding hydrogens is 240 g/mol. The lowest BCUT2D eigenvalue weighted by atomic mass is 10.0. The third kappa shape index (κ3) is 3.09. The zero-order valence-electron chi connectivity index (χ0n) is 11.3. The van der Waals surface area contributed by atoms with Crippen molar-refractivity contribution in [2.45, 2.75) is 18.9 Å². The summed E-state index contributed by atoms with van der Waals surface area (Å²) in [5.41, 5.74) is 0.906. The highest BCUT2D eigenvalue weighted by Gasteiger charge is 2.24. The van der Waals surface area contributed by atoms with Gasteiger partial charge in [0.2, 0.25) is 0 Å². The molecular formula is C14H18N4O. The topological polar surface area (TPSA) is 60.2 Å². The van der Waals surface area contributed by atoms with Crippen LogP contribution in [0.2, 0.25) is 0 Å². The number of pyridine rings is 1. The molecule has 0 unspecified atom stereocenters. The highest BCUT2D eigenvalue weighted by molar-refractivity contribution is 5.94. The van der Waals surface area contributed by atoms with Gasteiger partial charge >= 0.3 is 0 Å². The van der Waals surface area contributed by atoms with E-state index in [2.05, 4.69) is 16.9 Å². The molecule has 0 spiro atoms. The minimum Gasteiger partial charge on any atom is -0.339 e. The van der Waals surface area contributed by atoms with E-state index in [0.717, 1.165) is 25.9 Å². The summed E-state index contributed by atoms with van der Waals surface area (Å²) in [6.07, 6.45) is 4.97. The average molecular weight is 258 g/mol. The van der Waals surface area contributed by atoms with E-state index in [1.165, 1.54) is 12.4 Å². The van der Waals surface area contributed by atoms with Gasteiger partial charge in [-0.15, -0.1) is 0 Å². The predicted molar refractivity (Wildman–Crippen MR) is 71.6 cm³/mol. The molecule has 100 valence electrons. The number of amides is 1. The summed E-state index contributed by atoms with van der Waals surface area (Å²) in [6.45, 7) is 2.03. The Morgan fingerprint density at radius 3 is 2.79 bits per heavy atom. The summed E-state index contributed by atoms with van der Waals surface area (Å²) in [6, 6.07) is 3.88. The minimum atomic E-state index is -0.0563. The van der Waals surface area contributed by atoms with Crippen molar-refractivity contribution < 1.29 is 4.79 Å². The Morgan fingerprint density at radius 2 is 2.16 bits per heavy atom. The molecule has 0 N–H and O–H groups in total. The fraction of sp³-hybridized carbons (Fsp3) is 0.500. The van der Waals surface area contributed by atoms with Gasteiger partial charge in [0.05, 0.1) is 11.1 Å². The summed E-state index contributed by atoms with van der Waals surface area (Å²) < 4.78 is 0. The molecule has 0 bridgehead atoms. The second kappa shape index (κ2) is 5.81. The van der Waals surface area contributed by atoms with Crippen LogP contribution in [0.4, 0.5) is 0 Å². The van der Waals surface area contributed by atoms with Crippen LogP contribution in [0.25, 0.3) is 0 Å². The molecule has 2 heterocycles. The van der Waals surface area contributed by atoms with Crippen LogP contribution >= 0.6 is 0 Å². The van der Waals surface area contributed by atoms with E-state index in [9.17, 15) is 4.79 Å². The van der Waals surface area contributed by atoms with Gasteiger partial charge in [-0.3, -0.25) is 9.78 Å². The molecule has 1 amide bonds. The summed E-state index contributed by atoms with van der Waals surface area (Å²) in [5.74, 6) is -0.0563. The Labute approximate surface area is 113 Å². The molecule has 1 aromatic heterocycles. The summed E-state index contributed by atoms with van der Waals surface area (Å²) >= 11 is 0. The maximum absolute atomic E-state index is 12.4. The first kappa shape index (κ1) is 13.5. The molecule has 0 aromatic carbocycles. The first-order valence-corrected chi connectivity index (χ1v) is 6.42. The molecule has 0 radical (unpaired) electrons. The van der Waals surface area contributed by atoms with E-state index in [0.29, 0.717) is 11.1 Å². The van der Waals surface area contributed by atoms with Crippen molar-refractivity contribution >= 4 is 5.91 Å². The van der Waals surface area contributed by atoms with Crippen molar-refractivity contribution in [1.29, 1.82) is 5.26 Å². The summed E-state index contributed by atoms with van der Waals surface area (Å²) in [5, 5.41) is 8.84. The summed E-state index contributed by atoms with van der Waals surface area (Å²) in [7, 11) is 3.93. The molecule has 5 nitrogen and oxygen atoms in total. The lowest BCUT2D eigenvalue weighted by molar-refractivity contribution is 0.0659. The van der Waals surface area contributed by atoms with Crippen molar-refractivity contribution in [3.8, 4) is 6.07 Å². The number of aromatic nitrogens is 1. The van der Waals surface area contributed by atoms with Gasteiger partial charge in [0.15, 0.2) is 0 Å². The number of nitriles is 1. The first-order valence-electron chi connectivity index (χ1n) is 6.42. The van der Waals surface area contributed by atoms with Gasteiger partial charge in [0.25, 0.3) is 5.91 Å². The number of hydrogen-bond acceptors (Lipinski definition) is 4. The Morgan fingerprint density at radius 1 is 1.47 bits per heavy atom. The maximum atomic E-state index is 12.4. The molecule has 1 aliphatic rings. The molecule has 1 fully saturated rings. The predicted octanol–water partition coefficient (Wildman–Crippen LogP) is 1.12. The largest absolute Gasteiger partial charge is 0.339 e. The summed E-state index contributed by atoms with van der Waals surface area (Å²) in [4.78, 5) is 20.3. The van der Waals surface area contributed by atoms with Gasteiger partial charge in [-0.05, 0) is 39.0 Å². The minimum absolute atomic E-state index is 0.0563. The van der Waals surface area contributed by atoms with E-state index in [1.54, 1.807) is 11.0 Å². The monoisotopic (exact) mass is 258 g/mol. The van der Waals surface area contributed by atoms with Crippen molar-refractivity contribution in [2.24, 2.45) is 0 Å². The van der Waals surface area contributed by atoms with Crippen molar-refractivity contribution in [1.82, 2.24) is 14.8 Å². The standard InChI is InChI=1S/C14H18N4O/c1-17-5-3-13(4-6-17)18(2)14(19)12-7-11(8-15)9-16-10-12/h7,9-10,13H,3-6H2,1-2H3. The Balaban J connectivity index is 2.08. The normalized spacial score (nSPS) is 16.9. The van der Waals surface area contributed by atoms with Gasteiger partial charge in [0, 0.05) is 25.5 Å². The van der Waals surface area contributed by atoms with Crippen molar-refractivity contribution in [3.05, 3.63) is 29.6 Å². The van der Waals surface area contributed by atoms with E-state index in [-0.39, 0.29) is 11.9 Å². The highest BCUT2D eigenvalue weighted by atomic mass is 16.2. The molecule has 1 aromatic rings. The molecule has 19 heavy (non-hydrogen) atoms. The van der Waals surface area contributed by atoms with Crippen LogP contribution in [-0.4, -0.2) is 53.9 Å². The molecule has 2 rings (SSSR count). The number of nitrogens with zero attached hydrogens (tertiary/aromatic N) is 4. The lowest BCUT2D eigenvalue weighted by Gasteiger charge is -2.35. The van der Waals surface area contributed by atoms with Crippen LogP contribution in [0.3, 0.4) is 0 Å². The number of hydrogen-bond donors (Lipinski definition) is 0. The smallest absolute Gasteiger partial charge is 0.255 e. The fourth-order valence-corrected chi connectivity index (χ4v) is 2.37. The quantitative estimate of drug-likeness (QED) is 0.797. The second-order valence-corrected chi connectivity index (χ2v) is 5.02. The Hall–Kier alpha value is -1.93. The van der Waals surface area contributed by atoms with E-state index in [4.69, 9.17) is 5.26 Å². The average Bonchev–Trinajstić information content (AvgIpc) is 2.46. The number of likely N-dealkylation sites (tertiary alicyclic amines) is 1. The zero-order valence-corrected chi connectivity index (χ0v) is 11.3. The van der Waals surface area contributed by atoms with Crippen LogP contribution < -0.4 is 0 Å². The highest BCUT2D eigenvalue weighted by Crippen LogP contribution is 2.16. The number of piperidine rings is 1. The molecule has 5 heteroatoms. The van der Waals surface area contributed by atoms with Crippen LogP contribution in [0.15, 0.2) is 18.5 Å². The van der Waals surface area contributed by atoms with Gasteiger partial charge < -0.3 is 9.80 Å². The molecule has 0 atom stereocenters. The second-order valence-electron chi connectivity index (χ2n) is 5.02. The van der Waals surface area contributed by atoms with Crippen LogP contribution in [0.1, 0.15) is 28.8 Å². The molecule has 0 saturated carbocycles. The SMILES string of the molecule is CN1CCC(N(C)C(=O)c2cncc(C#N)c2)CC1. The van der Waals surface area contributed by atoms with Gasteiger partial charge in [-0.2, -0.15) is 5.26 Å². The van der Waals surface area contributed by atoms with Crippen LogP contribution in [0.5, 0.6) is 0 Å². The molecule has 1 aliphatic heterocycles. The first-order chi connectivity index (χ1) is 9.11. The van der Waals surface area contributed by atoms with Crippen molar-refractivity contribution in [2.75, 3.05) is 27.2 Å². The zero-order chi connectivity index (χ0) is 13.8. The Bertz CT molecular complexity index is 500. The van der Waals surface area contributed by atoms with Gasteiger partial charge in [0.1, 0.15) is 6.07 Å². The number of rotatable bonds is 2. The fourth-order valence-electron chi connectivity index (χ4n) is 2.37. The number of carbonyl (C=O) groups excluding carboxylic acids is 1. The van der Waals surface area contributed by atoms with Crippen molar-refractivity contribution in [3.63, 3.8) is 0 Å².